The van der Waals surface area contributed by atoms with Crippen LogP contribution in [0.15, 0.2) is 28.9 Å². The Bertz CT molecular complexity index is 518. The molecular weight excluding hydrogens is 272 g/mol. The highest BCUT2D eigenvalue weighted by Gasteiger charge is 2.14. The summed E-state index contributed by atoms with van der Waals surface area (Å²) in [4.78, 5) is 0. The first-order valence-electron chi connectivity index (χ1n) is 3.76. The Morgan fingerprint density at radius 1 is 1.43 bits per heavy atom. The third kappa shape index (κ3) is 1.44. The highest BCUT2D eigenvalue weighted by Crippen LogP contribution is 2.23. The third-order valence-electron chi connectivity index (χ3n) is 1.85. The standard InChI is InChI=1S/C9H4BrClFNO/c10-7-2-1-5-3-6(11)4-13(14)9(5)8(7)12/h1-4H. The number of pyridine rings is 1. The molecule has 5 heteroatoms. The second-order valence-corrected chi connectivity index (χ2v) is 4.07. The zero-order chi connectivity index (χ0) is 10.3. The Kier molecular flexibility index (Phi) is 2.33. The number of rotatable bonds is 0. The Morgan fingerprint density at radius 2 is 2.14 bits per heavy atom. The van der Waals surface area contributed by atoms with Gasteiger partial charge in [0.2, 0.25) is 5.82 Å². The summed E-state index contributed by atoms with van der Waals surface area (Å²) in [6, 6.07) is 4.71. The lowest BCUT2D eigenvalue weighted by atomic mass is 10.2. The molecule has 0 aliphatic rings. The molecule has 2 aromatic rings. The molecular formula is C9H4BrClFNO. The number of hydrogen-bond donors (Lipinski definition) is 0. The molecule has 1 heterocycles. The largest absolute Gasteiger partial charge is 0.618 e. The van der Waals surface area contributed by atoms with Crippen molar-refractivity contribution in [1.29, 1.82) is 0 Å². The number of fused-ring (bicyclic) bond motifs is 1. The smallest absolute Gasteiger partial charge is 0.261 e. The van der Waals surface area contributed by atoms with Crippen LogP contribution in [0, 0.1) is 11.0 Å². The Morgan fingerprint density at radius 3 is 2.86 bits per heavy atom. The van der Waals surface area contributed by atoms with Crippen molar-refractivity contribution in [1.82, 2.24) is 0 Å². The predicted octanol–water partition coefficient (Wildman–Crippen LogP) is 3.03. The molecule has 72 valence electrons. The molecule has 0 N–H and O–H groups in total. The summed E-state index contributed by atoms with van der Waals surface area (Å²) in [5.41, 5.74) is -0.0104. The van der Waals surface area contributed by atoms with Crippen molar-refractivity contribution in [3.05, 3.63) is 44.9 Å². The first kappa shape index (κ1) is 9.68. The summed E-state index contributed by atoms with van der Waals surface area (Å²) in [7, 11) is 0. The number of aromatic nitrogens is 1. The molecule has 2 nitrogen and oxygen atoms in total. The Labute approximate surface area is 92.6 Å². The highest BCUT2D eigenvalue weighted by atomic mass is 79.9. The normalized spacial score (nSPS) is 10.8. The Balaban J connectivity index is 2.95. The van der Waals surface area contributed by atoms with Crippen LogP contribution in [0.2, 0.25) is 5.02 Å². The molecule has 0 amide bonds. The zero-order valence-electron chi connectivity index (χ0n) is 6.80. The minimum Gasteiger partial charge on any atom is -0.618 e. The highest BCUT2D eigenvalue weighted by molar-refractivity contribution is 9.10. The van der Waals surface area contributed by atoms with E-state index in [2.05, 4.69) is 15.9 Å². The van der Waals surface area contributed by atoms with E-state index < -0.39 is 5.82 Å². The molecule has 0 spiro atoms. The van der Waals surface area contributed by atoms with Gasteiger partial charge in [0.15, 0.2) is 6.20 Å². The molecule has 0 saturated heterocycles. The minimum absolute atomic E-state index is 0.0104. The van der Waals surface area contributed by atoms with Gasteiger partial charge in [-0.2, -0.15) is 9.12 Å². The van der Waals surface area contributed by atoms with Gasteiger partial charge in [0.05, 0.1) is 9.86 Å². The van der Waals surface area contributed by atoms with Gasteiger partial charge in [-0.3, -0.25) is 0 Å². The molecule has 1 aromatic carbocycles. The molecule has 0 saturated carbocycles. The molecule has 0 fully saturated rings. The summed E-state index contributed by atoms with van der Waals surface area (Å²) in [5.74, 6) is -0.575. The first-order valence-corrected chi connectivity index (χ1v) is 4.93. The number of benzene rings is 1. The van der Waals surface area contributed by atoms with Crippen LogP contribution in [0.25, 0.3) is 10.9 Å². The number of nitrogens with zero attached hydrogens (tertiary/aromatic N) is 1. The summed E-state index contributed by atoms with van der Waals surface area (Å²) in [6.45, 7) is 0. The van der Waals surface area contributed by atoms with Crippen molar-refractivity contribution in [3.63, 3.8) is 0 Å². The lowest BCUT2D eigenvalue weighted by Gasteiger charge is -2.03. The van der Waals surface area contributed by atoms with Crippen molar-refractivity contribution < 1.29 is 9.12 Å². The van der Waals surface area contributed by atoms with Gasteiger partial charge in [0.1, 0.15) is 5.02 Å². The van der Waals surface area contributed by atoms with E-state index in [1.165, 1.54) is 6.07 Å². The van der Waals surface area contributed by atoms with Crippen LogP contribution in [0.4, 0.5) is 4.39 Å². The van der Waals surface area contributed by atoms with Crippen LogP contribution in [0.3, 0.4) is 0 Å². The second kappa shape index (κ2) is 3.37. The van der Waals surface area contributed by atoms with E-state index in [1.54, 1.807) is 12.1 Å². The van der Waals surface area contributed by atoms with Crippen LogP contribution < -0.4 is 4.73 Å². The molecule has 14 heavy (non-hydrogen) atoms. The molecule has 0 unspecified atom stereocenters. The van der Waals surface area contributed by atoms with Gasteiger partial charge in [-0.1, -0.05) is 11.6 Å². The fraction of sp³-hybridized carbons (Fsp3) is 0. The van der Waals surface area contributed by atoms with Crippen LogP contribution in [0.5, 0.6) is 0 Å². The summed E-state index contributed by atoms with van der Waals surface area (Å²) in [6.07, 6.45) is 1.12. The summed E-state index contributed by atoms with van der Waals surface area (Å²) < 4.78 is 14.2. The van der Waals surface area contributed by atoms with Gasteiger partial charge in [-0.25, -0.2) is 0 Å². The van der Waals surface area contributed by atoms with Crippen LogP contribution in [0.1, 0.15) is 0 Å². The Hall–Kier alpha value is -0.870. The topological polar surface area (TPSA) is 26.9 Å². The van der Waals surface area contributed by atoms with Gasteiger partial charge >= 0.3 is 0 Å². The van der Waals surface area contributed by atoms with E-state index in [0.29, 0.717) is 10.1 Å². The van der Waals surface area contributed by atoms with Gasteiger partial charge in [0, 0.05) is 0 Å². The fourth-order valence-electron chi connectivity index (χ4n) is 1.26. The second-order valence-electron chi connectivity index (χ2n) is 2.78. The average molecular weight is 276 g/mol. The monoisotopic (exact) mass is 275 g/mol. The van der Waals surface area contributed by atoms with E-state index in [9.17, 15) is 9.60 Å². The van der Waals surface area contributed by atoms with E-state index in [-0.39, 0.29) is 15.0 Å². The fourth-order valence-corrected chi connectivity index (χ4v) is 1.78. The van der Waals surface area contributed by atoms with Crippen molar-refractivity contribution in [2.24, 2.45) is 0 Å². The maximum absolute atomic E-state index is 13.5. The van der Waals surface area contributed by atoms with E-state index in [0.717, 1.165) is 6.20 Å². The number of hydrogen-bond acceptors (Lipinski definition) is 1. The van der Waals surface area contributed by atoms with E-state index >= 15 is 0 Å². The zero-order valence-corrected chi connectivity index (χ0v) is 9.14. The van der Waals surface area contributed by atoms with Gasteiger partial charge in [0.25, 0.3) is 5.52 Å². The van der Waals surface area contributed by atoms with Crippen molar-refractivity contribution >= 4 is 38.4 Å². The maximum Gasteiger partial charge on any atom is 0.261 e. The summed E-state index contributed by atoms with van der Waals surface area (Å²) >= 11 is 8.67. The molecule has 1 aromatic heterocycles. The lowest BCUT2D eigenvalue weighted by Crippen LogP contribution is -2.27. The molecule has 0 bridgehead atoms. The van der Waals surface area contributed by atoms with Crippen LogP contribution >= 0.6 is 27.5 Å². The van der Waals surface area contributed by atoms with Crippen LogP contribution in [-0.4, -0.2) is 0 Å². The van der Waals surface area contributed by atoms with Gasteiger partial charge < -0.3 is 5.21 Å². The van der Waals surface area contributed by atoms with Crippen molar-refractivity contribution in [2.45, 2.75) is 0 Å². The molecule has 0 aliphatic carbocycles. The molecule has 0 aliphatic heterocycles. The van der Waals surface area contributed by atoms with Gasteiger partial charge in [-0.15, -0.1) is 0 Å². The van der Waals surface area contributed by atoms with E-state index in [1.807, 2.05) is 0 Å². The lowest BCUT2D eigenvalue weighted by molar-refractivity contribution is -0.578. The third-order valence-corrected chi connectivity index (χ3v) is 2.67. The first-order chi connectivity index (χ1) is 6.59. The predicted molar refractivity (Wildman–Crippen MR) is 55.6 cm³/mol. The molecule has 2 rings (SSSR count). The quantitative estimate of drug-likeness (QED) is 0.537. The van der Waals surface area contributed by atoms with Crippen molar-refractivity contribution in [2.75, 3.05) is 0 Å². The van der Waals surface area contributed by atoms with Crippen LogP contribution in [-0.2, 0) is 0 Å². The van der Waals surface area contributed by atoms with E-state index in [4.69, 9.17) is 11.6 Å². The maximum atomic E-state index is 13.5. The average Bonchev–Trinajstić information content (AvgIpc) is 2.10. The summed E-state index contributed by atoms with van der Waals surface area (Å²) in [5, 5.41) is 12.1. The van der Waals surface area contributed by atoms with Gasteiger partial charge in [-0.05, 0) is 34.1 Å². The SMILES string of the molecule is [O-][n+]1cc(Cl)cc2ccc(Br)c(F)c21. The number of halogens is 3. The van der Waals surface area contributed by atoms with Crippen molar-refractivity contribution in [3.8, 4) is 0 Å². The molecule has 0 atom stereocenters. The minimum atomic E-state index is -0.575. The molecule has 0 radical (unpaired) electrons.